The van der Waals surface area contributed by atoms with E-state index in [0.717, 1.165) is 15.7 Å². The number of carbonyl (C=O) groups excluding carboxylic acids is 1. The standard InChI is InChI=1S/C15H12BrClN2O/c16-12-5-4-11(14(17)9-12)10-19-15(20)7-6-13-3-1-2-8-18-13/h1-9H,10H2,(H,19,20)/b7-6+. The molecule has 1 heterocycles. The van der Waals surface area contributed by atoms with E-state index in [9.17, 15) is 4.79 Å². The van der Waals surface area contributed by atoms with Crippen LogP contribution in [0.4, 0.5) is 0 Å². The lowest BCUT2D eigenvalue weighted by Gasteiger charge is -2.05. The fraction of sp³-hybridized carbons (Fsp3) is 0.0667. The summed E-state index contributed by atoms with van der Waals surface area (Å²) in [6.45, 7) is 0.386. The summed E-state index contributed by atoms with van der Waals surface area (Å²) in [5, 5.41) is 3.40. The zero-order valence-electron chi connectivity index (χ0n) is 10.5. The minimum Gasteiger partial charge on any atom is -0.348 e. The van der Waals surface area contributed by atoms with E-state index in [4.69, 9.17) is 11.6 Å². The molecule has 2 rings (SSSR count). The van der Waals surface area contributed by atoms with E-state index in [1.165, 1.54) is 6.08 Å². The van der Waals surface area contributed by atoms with Gasteiger partial charge in [-0.15, -0.1) is 0 Å². The highest BCUT2D eigenvalue weighted by atomic mass is 79.9. The lowest BCUT2D eigenvalue weighted by atomic mass is 10.2. The molecule has 3 nitrogen and oxygen atoms in total. The van der Waals surface area contributed by atoms with Gasteiger partial charge in [-0.25, -0.2) is 0 Å². The van der Waals surface area contributed by atoms with Gasteiger partial charge < -0.3 is 5.32 Å². The lowest BCUT2D eigenvalue weighted by Crippen LogP contribution is -2.20. The second-order valence-electron chi connectivity index (χ2n) is 4.04. The van der Waals surface area contributed by atoms with Gasteiger partial charge in [0.1, 0.15) is 0 Å². The van der Waals surface area contributed by atoms with Crippen molar-refractivity contribution in [3.8, 4) is 0 Å². The van der Waals surface area contributed by atoms with Crippen LogP contribution in [0.15, 0.2) is 53.1 Å². The van der Waals surface area contributed by atoms with Gasteiger partial charge in [0.25, 0.3) is 0 Å². The maximum absolute atomic E-state index is 11.7. The monoisotopic (exact) mass is 350 g/mol. The number of hydrogen-bond acceptors (Lipinski definition) is 2. The SMILES string of the molecule is O=C(/C=C/c1ccccn1)NCc1ccc(Br)cc1Cl. The number of halogens is 2. The van der Waals surface area contributed by atoms with Crippen LogP contribution in [0.3, 0.4) is 0 Å². The molecular weight excluding hydrogens is 340 g/mol. The van der Waals surface area contributed by atoms with Crippen LogP contribution in [0.1, 0.15) is 11.3 Å². The van der Waals surface area contributed by atoms with E-state index >= 15 is 0 Å². The van der Waals surface area contributed by atoms with Crippen LogP contribution in [-0.4, -0.2) is 10.9 Å². The average Bonchev–Trinajstić information content (AvgIpc) is 2.45. The maximum atomic E-state index is 11.7. The van der Waals surface area contributed by atoms with Crippen LogP contribution < -0.4 is 5.32 Å². The molecule has 0 spiro atoms. The molecule has 0 bridgehead atoms. The smallest absolute Gasteiger partial charge is 0.244 e. The summed E-state index contributed by atoms with van der Waals surface area (Å²) in [6.07, 6.45) is 4.80. The van der Waals surface area contributed by atoms with Crippen molar-refractivity contribution in [3.63, 3.8) is 0 Å². The van der Waals surface area contributed by atoms with Crippen LogP contribution in [0, 0.1) is 0 Å². The second-order valence-corrected chi connectivity index (χ2v) is 5.36. The Labute approximate surface area is 130 Å². The minimum absolute atomic E-state index is 0.186. The number of nitrogens with zero attached hydrogens (tertiary/aromatic N) is 1. The van der Waals surface area contributed by atoms with Gasteiger partial charge in [0.15, 0.2) is 0 Å². The molecule has 0 aliphatic carbocycles. The summed E-state index contributed by atoms with van der Waals surface area (Å²) in [6, 6.07) is 11.1. The Morgan fingerprint density at radius 2 is 2.20 bits per heavy atom. The Morgan fingerprint density at radius 1 is 1.35 bits per heavy atom. The van der Waals surface area contributed by atoms with Crippen molar-refractivity contribution in [2.24, 2.45) is 0 Å². The van der Waals surface area contributed by atoms with Crippen molar-refractivity contribution in [3.05, 3.63) is 69.4 Å². The molecule has 1 N–H and O–H groups in total. The summed E-state index contributed by atoms with van der Waals surface area (Å²) in [4.78, 5) is 15.8. The molecule has 102 valence electrons. The van der Waals surface area contributed by atoms with Gasteiger partial charge >= 0.3 is 0 Å². The number of pyridine rings is 1. The largest absolute Gasteiger partial charge is 0.348 e. The Kier molecular flexibility index (Phi) is 5.32. The summed E-state index contributed by atoms with van der Waals surface area (Å²) >= 11 is 9.41. The molecule has 0 saturated carbocycles. The molecule has 0 unspecified atom stereocenters. The number of carbonyl (C=O) groups is 1. The second kappa shape index (κ2) is 7.22. The van der Waals surface area contributed by atoms with Crippen LogP contribution >= 0.6 is 27.5 Å². The summed E-state index contributed by atoms with van der Waals surface area (Å²) in [5.74, 6) is -0.186. The van der Waals surface area contributed by atoms with Gasteiger partial charge in [0.05, 0.1) is 5.69 Å². The lowest BCUT2D eigenvalue weighted by molar-refractivity contribution is -0.116. The Bertz CT molecular complexity index is 629. The number of benzene rings is 1. The summed E-state index contributed by atoms with van der Waals surface area (Å²) < 4.78 is 0.910. The third-order valence-corrected chi connectivity index (χ3v) is 3.41. The predicted molar refractivity (Wildman–Crippen MR) is 84.3 cm³/mol. The molecule has 0 atom stereocenters. The van der Waals surface area contributed by atoms with Gasteiger partial charge in [-0.05, 0) is 35.9 Å². The third-order valence-electron chi connectivity index (χ3n) is 2.56. The zero-order valence-corrected chi connectivity index (χ0v) is 12.9. The van der Waals surface area contributed by atoms with E-state index < -0.39 is 0 Å². The average molecular weight is 352 g/mol. The highest BCUT2D eigenvalue weighted by Gasteiger charge is 2.02. The van der Waals surface area contributed by atoms with Crippen molar-refractivity contribution in [2.75, 3.05) is 0 Å². The first-order valence-corrected chi connectivity index (χ1v) is 7.13. The molecule has 1 amide bonds. The Balaban J connectivity index is 1.91. The molecule has 0 fully saturated rings. The highest BCUT2D eigenvalue weighted by Crippen LogP contribution is 2.21. The Morgan fingerprint density at radius 3 is 2.90 bits per heavy atom. The molecular formula is C15H12BrClN2O. The van der Waals surface area contributed by atoms with E-state index in [1.807, 2.05) is 30.3 Å². The van der Waals surface area contributed by atoms with Crippen LogP contribution in [-0.2, 0) is 11.3 Å². The van der Waals surface area contributed by atoms with Gasteiger partial charge in [-0.2, -0.15) is 0 Å². The van der Waals surface area contributed by atoms with Crippen LogP contribution in [0.5, 0.6) is 0 Å². The van der Waals surface area contributed by atoms with Gasteiger partial charge in [-0.3, -0.25) is 9.78 Å². The number of nitrogens with one attached hydrogen (secondary N) is 1. The van der Waals surface area contributed by atoms with E-state index in [1.54, 1.807) is 18.3 Å². The van der Waals surface area contributed by atoms with Crippen molar-refractivity contribution < 1.29 is 4.79 Å². The van der Waals surface area contributed by atoms with Crippen LogP contribution in [0.2, 0.25) is 5.02 Å². The van der Waals surface area contributed by atoms with Gasteiger partial charge in [-0.1, -0.05) is 39.7 Å². The van der Waals surface area contributed by atoms with Crippen LogP contribution in [0.25, 0.3) is 6.08 Å². The number of rotatable bonds is 4. The fourth-order valence-corrected chi connectivity index (χ4v) is 2.28. The molecule has 20 heavy (non-hydrogen) atoms. The molecule has 0 aliphatic rings. The fourth-order valence-electron chi connectivity index (χ4n) is 1.54. The predicted octanol–water partition coefficient (Wildman–Crippen LogP) is 3.83. The van der Waals surface area contributed by atoms with Gasteiger partial charge in [0.2, 0.25) is 5.91 Å². The normalized spacial score (nSPS) is 10.7. The number of hydrogen-bond donors (Lipinski definition) is 1. The van der Waals surface area contributed by atoms with Gasteiger partial charge in [0, 0.05) is 28.3 Å². The number of aromatic nitrogens is 1. The maximum Gasteiger partial charge on any atom is 0.244 e. The van der Waals surface area contributed by atoms with E-state index in [0.29, 0.717) is 11.6 Å². The Hall–Kier alpha value is -1.65. The number of amides is 1. The first-order valence-electron chi connectivity index (χ1n) is 5.96. The molecule has 1 aromatic carbocycles. The topological polar surface area (TPSA) is 42.0 Å². The molecule has 0 radical (unpaired) electrons. The van der Waals surface area contributed by atoms with E-state index in [-0.39, 0.29) is 5.91 Å². The molecule has 2 aromatic rings. The zero-order chi connectivity index (χ0) is 14.4. The van der Waals surface area contributed by atoms with Crippen molar-refractivity contribution in [2.45, 2.75) is 6.54 Å². The van der Waals surface area contributed by atoms with Crippen molar-refractivity contribution in [1.29, 1.82) is 0 Å². The molecule has 5 heteroatoms. The third kappa shape index (κ3) is 4.47. The molecule has 0 aliphatic heterocycles. The quantitative estimate of drug-likeness (QED) is 0.851. The summed E-state index contributed by atoms with van der Waals surface area (Å²) in [7, 11) is 0. The molecule has 1 aromatic heterocycles. The minimum atomic E-state index is -0.186. The van der Waals surface area contributed by atoms with Crippen molar-refractivity contribution >= 4 is 39.5 Å². The molecule has 0 saturated heterocycles. The first kappa shape index (κ1) is 14.8. The first-order chi connectivity index (χ1) is 9.65. The summed E-state index contributed by atoms with van der Waals surface area (Å²) in [5.41, 5.74) is 1.61. The van der Waals surface area contributed by atoms with Crippen molar-refractivity contribution in [1.82, 2.24) is 10.3 Å². The van der Waals surface area contributed by atoms with E-state index in [2.05, 4.69) is 26.2 Å². The highest BCUT2D eigenvalue weighted by molar-refractivity contribution is 9.10.